The average molecular weight is 388 g/mol. The fourth-order valence-electron chi connectivity index (χ4n) is 2.88. The molecule has 0 bridgehead atoms. The molecule has 1 aliphatic rings. The Labute approximate surface area is 164 Å². The summed E-state index contributed by atoms with van der Waals surface area (Å²) in [5.41, 5.74) is 1.63. The fourth-order valence-corrected chi connectivity index (χ4v) is 2.88. The van der Waals surface area contributed by atoms with Crippen LogP contribution < -0.4 is 14.4 Å². The highest BCUT2D eigenvalue weighted by Gasteiger charge is 2.30. The molecule has 0 atom stereocenters. The molecule has 0 saturated carbocycles. The number of amides is 1. The van der Waals surface area contributed by atoms with Gasteiger partial charge in [-0.1, -0.05) is 12.1 Å². The van der Waals surface area contributed by atoms with Gasteiger partial charge in [0.2, 0.25) is 11.8 Å². The first-order chi connectivity index (χ1) is 13.3. The van der Waals surface area contributed by atoms with Gasteiger partial charge in [-0.25, -0.2) is 9.18 Å². The normalized spacial score (nSPS) is 13.5. The van der Waals surface area contributed by atoms with Crippen LogP contribution >= 0.6 is 0 Å². The molecular formula is C21H25FN2O4. The largest absolute Gasteiger partial charge is 0.478 e. The minimum absolute atomic E-state index is 0.290. The van der Waals surface area contributed by atoms with E-state index >= 15 is 0 Å². The Morgan fingerprint density at radius 2 is 2.00 bits per heavy atom. The van der Waals surface area contributed by atoms with Crippen LogP contribution in [0.15, 0.2) is 30.3 Å². The molecule has 1 aliphatic heterocycles. The second-order valence-electron chi connectivity index (χ2n) is 7.49. The summed E-state index contributed by atoms with van der Waals surface area (Å²) in [6.07, 6.45) is 0.0358. The van der Waals surface area contributed by atoms with Gasteiger partial charge in [0.05, 0.1) is 13.2 Å². The van der Waals surface area contributed by atoms with Crippen molar-refractivity contribution in [3.8, 4) is 11.8 Å². The molecule has 7 heteroatoms. The van der Waals surface area contributed by atoms with Gasteiger partial charge in [0.25, 0.3) is 0 Å². The third-order valence-corrected chi connectivity index (χ3v) is 4.06. The van der Waals surface area contributed by atoms with Crippen molar-refractivity contribution in [1.29, 1.82) is 0 Å². The summed E-state index contributed by atoms with van der Waals surface area (Å²) < 4.78 is 30.1. The van der Waals surface area contributed by atoms with Crippen molar-refractivity contribution in [2.24, 2.45) is 0 Å². The number of benzene rings is 1. The van der Waals surface area contributed by atoms with E-state index in [1.54, 1.807) is 12.1 Å². The van der Waals surface area contributed by atoms with E-state index in [0.29, 0.717) is 43.6 Å². The van der Waals surface area contributed by atoms with E-state index in [2.05, 4.69) is 4.98 Å². The van der Waals surface area contributed by atoms with E-state index in [4.69, 9.17) is 14.2 Å². The molecule has 0 fully saturated rings. The molecule has 150 valence electrons. The van der Waals surface area contributed by atoms with Crippen molar-refractivity contribution in [3.05, 3.63) is 47.3 Å². The molecule has 1 aromatic carbocycles. The summed E-state index contributed by atoms with van der Waals surface area (Å²) in [4.78, 5) is 18.6. The van der Waals surface area contributed by atoms with Gasteiger partial charge in [-0.3, -0.25) is 4.90 Å². The van der Waals surface area contributed by atoms with Gasteiger partial charge in [-0.15, -0.1) is 0 Å². The van der Waals surface area contributed by atoms with Crippen LogP contribution in [0.4, 0.5) is 14.9 Å². The van der Waals surface area contributed by atoms with Crippen molar-refractivity contribution in [1.82, 2.24) is 4.98 Å². The Hall–Kier alpha value is -2.83. The standard InChI is InChI=1S/C21H25FN2O4/c1-5-26-18-15(12-14-6-8-16(22)9-7-14)13-17-19(23-18)27-11-10-24(17)20(25)28-21(2,3)4/h6-9,13H,5,10-12H2,1-4H3. The quantitative estimate of drug-likeness (QED) is 0.780. The van der Waals surface area contributed by atoms with Crippen molar-refractivity contribution in [2.45, 2.75) is 39.7 Å². The molecule has 0 saturated heterocycles. The highest BCUT2D eigenvalue weighted by Crippen LogP contribution is 2.36. The maximum absolute atomic E-state index is 13.2. The number of carbonyl (C=O) groups excluding carboxylic acids is 1. The molecule has 1 aromatic heterocycles. The molecule has 0 radical (unpaired) electrons. The molecule has 28 heavy (non-hydrogen) atoms. The Bertz CT molecular complexity index is 847. The van der Waals surface area contributed by atoms with Crippen LogP contribution in [0.25, 0.3) is 0 Å². The molecular weight excluding hydrogens is 363 g/mol. The monoisotopic (exact) mass is 388 g/mol. The number of hydrogen-bond acceptors (Lipinski definition) is 5. The van der Waals surface area contributed by atoms with Crippen molar-refractivity contribution in [3.63, 3.8) is 0 Å². The molecule has 2 aromatic rings. The maximum atomic E-state index is 13.2. The fraction of sp³-hybridized carbons (Fsp3) is 0.429. The predicted molar refractivity (Wildman–Crippen MR) is 104 cm³/mol. The van der Waals surface area contributed by atoms with Crippen LogP contribution in [-0.2, 0) is 11.2 Å². The van der Waals surface area contributed by atoms with Crippen molar-refractivity contribution in [2.75, 3.05) is 24.7 Å². The highest BCUT2D eigenvalue weighted by atomic mass is 19.1. The van der Waals surface area contributed by atoms with E-state index in [1.165, 1.54) is 17.0 Å². The van der Waals surface area contributed by atoms with E-state index in [9.17, 15) is 9.18 Å². The van der Waals surface area contributed by atoms with E-state index < -0.39 is 11.7 Å². The Morgan fingerprint density at radius 3 is 2.64 bits per heavy atom. The van der Waals surface area contributed by atoms with Crippen LogP contribution in [0, 0.1) is 5.82 Å². The number of ether oxygens (including phenoxy) is 3. The van der Waals surface area contributed by atoms with Crippen LogP contribution in [0.3, 0.4) is 0 Å². The van der Waals surface area contributed by atoms with E-state index in [-0.39, 0.29) is 5.82 Å². The molecule has 0 spiro atoms. The van der Waals surface area contributed by atoms with Gasteiger partial charge in [-0.05, 0) is 51.5 Å². The number of rotatable bonds is 4. The SMILES string of the molecule is CCOc1nc2c(cc1Cc1ccc(F)cc1)N(C(=O)OC(C)(C)C)CCO2. The van der Waals surface area contributed by atoms with Gasteiger partial charge in [-0.2, -0.15) is 4.98 Å². The molecule has 0 unspecified atom stereocenters. The molecule has 1 amide bonds. The smallest absolute Gasteiger partial charge is 0.415 e. The summed E-state index contributed by atoms with van der Waals surface area (Å²) in [7, 11) is 0. The number of aromatic nitrogens is 1. The zero-order chi connectivity index (χ0) is 20.3. The number of nitrogens with zero attached hydrogens (tertiary/aromatic N) is 2. The van der Waals surface area contributed by atoms with Crippen LogP contribution in [0.2, 0.25) is 0 Å². The van der Waals surface area contributed by atoms with Gasteiger partial charge in [0.1, 0.15) is 23.7 Å². The summed E-state index contributed by atoms with van der Waals surface area (Å²) in [6.45, 7) is 8.47. The summed E-state index contributed by atoms with van der Waals surface area (Å²) in [5.74, 6) is 0.488. The zero-order valence-corrected chi connectivity index (χ0v) is 16.6. The summed E-state index contributed by atoms with van der Waals surface area (Å²) in [6, 6.07) is 8.09. The minimum atomic E-state index is -0.606. The molecule has 2 heterocycles. The Morgan fingerprint density at radius 1 is 1.29 bits per heavy atom. The lowest BCUT2D eigenvalue weighted by molar-refractivity contribution is 0.0566. The molecule has 3 rings (SSSR count). The predicted octanol–water partition coefficient (Wildman–Crippen LogP) is 4.34. The third-order valence-electron chi connectivity index (χ3n) is 4.06. The molecule has 6 nitrogen and oxygen atoms in total. The first kappa shape index (κ1) is 19.9. The minimum Gasteiger partial charge on any atom is -0.478 e. The second-order valence-corrected chi connectivity index (χ2v) is 7.49. The first-order valence-electron chi connectivity index (χ1n) is 9.31. The van der Waals surface area contributed by atoms with Crippen LogP contribution in [-0.4, -0.2) is 36.4 Å². The van der Waals surface area contributed by atoms with Gasteiger partial charge in [0, 0.05) is 12.0 Å². The number of carbonyl (C=O) groups is 1. The third kappa shape index (κ3) is 4.71. The van der Waals surface area contributed by atoms with Crippen LogP contribution in [0.5, 0.6) is 11.8 Å². The van der Waals surface area contributed by atoms with Gasteiger partial charge < -0.3 is 14.2 Å². The van der Waals surface area contributed by atoms with Gasteiger partial charge in [0.15, 0.2) is 0 Å². The lowest BCUT2D eigenvalue weighted by atomic mass is 10.1. The lowest BCUT2D eigenvalue weighted by Crippen LogP contribution is -2.41. The zero-order valence-electron chi connectivity index (χ0n) is 16.6. The highest BCUT2D eigenvalue weighted by molar-refractivity contribution is 5.90. The van der Waals surface area contributed by atoms with Crippen LogP contribution in [0.1, 0.15) is 38.8 Å². The van der Waals surface area contributed by atoms with E-state index in [0.717, 1.165) is 11.1 Å². The first-order valence-corrected chi connectivity index (χ1v) is 9.31. The van der Waals surface area contributed by atoms with E-state index in [1.807, 2.05) is 33.8 Å². The summed E-state index contributed by atoms with van der Waals surface area (Å²) in [5, 5.41) is 0. The van der Waals surface area contributed by atoms with Gasteiger partial charge >= 0.3 is 6.09 Å². The lowest BCUT2D eigenvalue weighted by Gasteiger charge is -2.31. The van der Waals surface area contributed by atoms with Crippen molar-refractivity contribution >= 4 is 11.8 Å². The number of pyridine rings is 1. The second kappa shape index (κ2) is 8.04. The Balaban J connectivity index is 1.96. The molecule has 0 aliphatic carbocycles. The number of halogens is 1. The summed E-state index contributed by atoms with van der Waals surface area (Å²) >= 11 is 0. The average Bonchev–Trinajstić information content (AvgIpc) is 2.62. The van der Waals surface area contributed by atoms with Crippen molar-refractivity contribution < 1.29 is 23.4 Å². The topological polar surface area (TPSA) is 60.9 Å². The number of hydrogen-bond donors (Lipinski definition) is 0. The number of fused-ring (bicyclic) bond motifs is 1. The maximum Gasteiger partial charge on any atom is 0.415 e. The number of anilines is 1. The molecule has 0 N–H and O–H groups in total. The Kier molecular flexibility index (Phi) is 5.72.